The summed E-state index contributed by atoms with van der Waals surface area (Å²) in [5, 5.41) is 3.90. The van der Waals surface area contributed by atoms with E-state index in [9.17, 15) is 0 Å². The van der Waals surface area contributed by atoms with Crippen LogP contribution in [0.1, 0.15) is 79.1 Å². The molecule has 2 aliphatic rings. The Kier molecular flexibility index (Phi) is 5.92. The van der Waals surface area contributed by atoms with Crippen LogP contribution in [0.3, 0.4) is 0 Å². The fourth-order valence-electron chi connectivity index (χ4n) is 4.36. The van der Waals surface area contributed by atoms with Crippen molar-refractivity contribution < 1.29 is 0 Å². The van der Waals surface area contributed by atoms with Crippen LogP contribution >= 0.6 is 0 Å². The zero-order valence-corrected chi connectivity index (χ0v) is 14.3. The van der Waals surface area contributed by atoms with Gasteiger partial charge in [-0.1, -0.05) is 40.0 Å². The molecule has 2 atom stereocenters. The lowest BCUT2D eigenvalue weighted by atomic mass is 9.80. The molecule has 2 heteroatoms. The first-order chi connectivity index (χ1) is 9.64. The van der Waals surface area contributed by atoms with Gasteiger partial charge in [-0.2, -0.15) is 0 Å². The molecule has 1 saturated heterocycles. The minimum absolute atomic E-state index is 0.399. The molecule has 0 radical (unpaired) electrons. The van der Waals surface area contributed by atoms with E-state index < -0.39 is 0 Å². The number of rotatable bonds is 5. The van der Waals surface area contributed by atoms with Gasteiger partial charge in [-0.3, -0.25) is 4.90 Å². The van der Waals surface area contributed by atoms with E-state index in [1.807, 2.05) is 0 Å². The second-order valence-corrected chi connectivity index (χ2v) is 7.33. The largest absolute Gasteiger partial charge is 0.311 e. The summed E-state index contributed by atoms with van der Waals surface area (Å²) < 4.78 is 0. The van der Waals surface area contributed by atoms with Crippen molar-refractivity contribution in [2.24, 2.45) is 5.92 Å². The quantitative estimate of drug-likeness (QED) is 0.812. The maximum atomic E-state index is 3.90. The molecule has 1 heterocycles. The summed E-state index contributed by atoms with van der Waals surface area (Å²) in [5.74, 6) is 0.932. The first-order valence-electron chi connectivity index (χ1n) is 9.14. The van der Waals surface area contributed by atoms with Crippen molar-refractivity contribution in [3.63, 3.8) is 0 Å². The Labute approximate surface area is 126 Å². The van der Waals surface area contributed by atoms with E-state index in [2.05, 4.69) is 37.9 Å². The number of nitrogens with zero attached hydrogens (tertiary/aromatic N) is 1. The highest BCUT2D eigenvalue weighted by atomic mass is 15.3. The van der Waals surface area contributed by atoms with Crippen LogP contribution in [0.4, 0.5) is 0 Å². The Balaban J connectivity index is 2.06. The first kappa shape index (κ1) is 16.3. The van der Waals surface area contributed by atoms with Crippen LogP contribution in [0.15, 0.2) is 0 Å². The third kappa shape index (κ3) is 3.39. The molecule has 118 valence electrons. The van der Waals surface area contributed by atoms with E-state index in [1.165, 1.54) is 64.5 Å². The second kappa shape index (κ2) is 7.26. The second-order valence-electron chi connectivity index (χ2n) is 7.33. The molecule has 1 saturated carbocycles. The molecule has 0 spiro atoms. The number of hydrogen-bond donors (Lipinski definition) is 1. The molecule has 0 aromatic carbocycles. The lowest BCUT2D eigenvalue weighted by Crippen LogP contribution is -2.64. The van der Waals surface area contributed by atoms with Crippen LogP contribution < -0.4 is 5.32 Å². The van der Waals surface area contributed by atoms with Gasteiger partial charge in [0.25, 0.3) is 0 Å². The van der Waals surface area contributed by atoms with Gasteiger partial charge in [0.05, 0.1) is 0 Å². The van der Waals surface area contributed by atoms with Gasteiger partial charge in [0, 0.05) is 30.7 Å². The van der Waals surface area contributed by atoms with Gasteiger partial charge in [-0.25, -0.2) is 0 Å². The Morgan fingerprint density at radius 3 is 2.25 bits per heavy atom. The Morgan fingerprint density at radius 2 is 1.70 bits per heavy atom. The van der Waals surface area contributed by atoms with Crippen molar-refractivity contribution >= 4 is 0 Å². The van der Waals surface area contributed by atoms with Crippen molar-refractivity contribution in [2.75, 3.05) is 13.1 Å². The summed E-state index contributed by atoms with van der Waals surface area (Å²) in [7, 11) is 0. The summed E-state index contributed by atoms with van der Waals surface area (Å²) >= 11 is 0. The molecule has 0 amide bonds. The van der Waals surface area contributed by atoms with E-state index in [1.54, 1.807) is 0 Å². The summed E-state index contributed by atoms with van der Waals surface area (Å²) in [6.45, 7) is 12.1. The Bertz CT molecular complexity index is 279. The number of piperazine rings is 1. The average Bonchev–Trinajstić information content (AvgIpc) is 2.54. The third-order valence-electron chi connectivity index (χ3n) is 6.36. The highest BCUT2D eigenvalue weighted by molar-refractivity contribution is 4.97. The zero-order chi connectivity index (χ0) is 14.6. The molecule has 2 fully saturated rings. The Hall–Kier alpha value is -0.0800. The van der Waals surface area contributed by atoms with Crippen LogP contribution in [-0.4, -0.2) is 35.6 Å². The molecule has 2 unspecified atom stereocenters. The zero-order valence-electron chi connectivity index (χ0n) is 14.3. The molecule has 1 N–H and O–H groups in total. The van der Waals surface area contributed by atoms with Crippen molar-refractivity contribution in [3.05, 3.63) is 0 Å². The first-order valence-corrected chi connectivity index (χ1v) is 9.14. The van der Waals surface area contributed by atoms with Crippen molar-refractivity contribution in [2.45, 2.75) is 96.7 Å². The summed E-state index contributed by atoms with van der Waals surface area (Å²) in [5.41, 5.74) is 0.399. The summed E-state index contributed by atoms with van der Waals surface area (Å²) in [6.07, 6.45) is 11.1. The molecule has 2 nitrogen and oxygen atoms in total. The molecule has 0 aromatic rings. The molecule has 0 bridgehead atoms. The van der Waals surface area contributed by atoms with Gasteiger partial charge in [-0.15, -0.1) is 0 Å². The van der Waals surface area contributed by atoms with Crippen molar-refractivity contribution in [1.82, 2.24) is 10.2 Å². The molecular formula is C18H36N2. The van der Waals surface area contributed by atoms with Crippen LogP contribution in [0.2, 0.25) is 0 Å². The maximum Gasteiger partial charge on any atom is 0.0224 e. The standard InChI is InChI=1S/C18H36N2/c1-5-16-13-19-17(15-11-9-8-10-12-15)14-20(16)18(4,6-2)7-3/h15-17,19H,5-14H2,1-4H3. The smallest absolute Gasteiger partial charge is 0.0224 e. The number of hydrogen-bond acceptors (Lipinski definition) is 2. The van der Waals surface area contributed by atoms with Crippen LogP contribution in [0.25, 0.3) is 0 Å². The van der Waals surface area contributed by atoms with E-state index in [0.717, 1.165) is 18.0 Å². The van der Waals surface area contributed by atoms with E-state index in [-0.39, 0.29) is 0 Å². The minimum atomic E-state index is 0.399. The average molecular weight is 280 g/mol. The Morgan fingerprint density at radius 1 is 1.05 bits per heavy atom. The predicted molar refractivity (Wildman–Crippen MR) is 88.1 cm³/mol. The third-order valence-corrected chi connectivity index (χ3v) is 6.36. The van der Waals surface area contributed by atoms with Crippen LogP contribution in [-0.2, 0) is 0 Å². The molecule has 0 aromatic heterocycles. The summed E-state index contributed by atoms with van der Waals surface area (Å²) in [6, 6.07) is 1.48. The molecule has 20 heavy (non-hydrogen) atoms. The number of nitrogens with one attached hydrogen (secondary N) is 1. The topological polar surface area (TPSA) is 15.3 Å². The van der Waals surface area contributed by atoms with Crippen molar-refractivity contribution in [1.29, 1.82) is 0 Å². The van der Waals surface area contributed by atoms with Crippen LogP contribution in [0.5, 0.6) is 0 Å². The molecule has 2 rings (SSSR count). The lowest BCUT2D eigenvalue weighted by Gasteiger charge is -2.51. The van der Waals surface area contributed by atoms with E-state index in [0.29, 0.717) is 5.54 Å². The summed E-state index contributed by atoms with van der Waals surface area (Å²) in [4.78, 5) is 2.86. The minimum Gasteiger partial charge on any atom is -0.311 e. The SMILES string of the molecule is CCC1CNC(C2CCCCC2)CN1C(C)(CC)CC. The fraction of sp³-hybridized carbons (Fsp3) is 1.00. The molecule has 1 aliphatic heterocycles. The van der Waals surface area contributed by atoms with Gasteiger partial charge >= 0.3 is 0 Å². The van der Waals surface area contributed by atoms with Crippen LogP contribution in [0, 0.1) is 5.92 Å². The van der Waals surface area contributed by atoms with Crippen molar-refractivity contribution in [3.8, 4) is 0 Å². The van der Waals surface area contributed by atoms with Gasteiger partial charge in [0.1, 0.15) is 0 Å². The van der Waals surface area contributed by atoms with E-state index in [4.69, 9.17) is 0 Å². The van der Waals surface area contributed by atoms with Gasteiger partial charge in [-0.05, 0) is 44.9 Å². The van der Waals surface area contributed by atoms with Gasteiger partial charge < -0.3 is 5.32 Å². The highest BCUT2D eigenvalue weighted by Gasteiger charge is 2.39. The predicted octanol–water partition coefficient (Wildman–Crippen LogP) is 4.20. The normalized spacial score (nSPS) is 30.6. The van der Waals surface area contributed by atoms with Gasteiger partial charge in [0.2, 0.25) is 0 Å². The monoisotopic (exact) mass is 280 g/mol. The lowest BCUT2D eigenvalue weighted by molar-refractivity contribution is -0.000768. The molecular weight excluding hydrogens is 244 g/mol. The maximum absolute atomic E-state index is 3.90. The molecule has 1 aliphatic carbocycles. The van der Waals surface area contributed by atoms with E-state index >= 15 is 0 Å². The fourth-order valence-corrected chi connectivity index (χ4v) is 4.36. The highest BCUT2D eigenvalue weighted by Crippen LogP contribution is 2.33. The van der Waals surface area contributed by atoms with Gasteiger partial charge in [0.15, 0.2) is 0 Å².